The zero-order valence-electron chi connectivity index (χ0n) is 7.48. The van der Waals surface area contributed by atoms with Crippen LogP contribution in [0.25, 0.3) is 0 Å². The van der Waals surface area contributed by atoms with Crippen LogP contribution in [-0.2, 0) is 4.74 Å². The van der Waals surface area contributed by atoms with Crippen LogP contribution in [0.15, 0.2) is 16.3 Å². The molecule has 0 radical (unpaired) electrons. The Hall–Kier alpha value is -1.04. The Labute approximate surface area is 78.6 Å². The van der Waals surface area contributed by atoms with Gasteiger partial charge in [0.2, 0.25) is 0 Å². The molecule has 0 amide bonds. The van der Waals surface area contributed by atoms with Crippen molar-refractivity contribution in [3.63, 3.8) is 0 Å². The topological polar surface area (TPSA) is 33.6 Å². The molecule has 1 N–H and O–H groups in total. The summed E-state index contributed by atoms with van der Waals surface area (Å²) in [6, 6.07) is 0. The van der Waals surface area contributed by atoms with Crippen molar-refractivity contribution >= 4 is 5.84 Å². The van der Waals surface area contributed by atoms with E-state index < -0.39 is 18.1 Å². The summed E-state index contributed by atoms with van der Waals surface area (Å²) in [5.41, 5.74) is -0.490. The van der Waals surface area contributed by atoms with Gasteiger partial charge in [-0.3, -0.25) is 0 Å². The third kappa shape index (κ3) is 1.50. The van der Waals surface area contributed by atoms with Crippen molar-refractivity contribution in [1.29, 1.82) is 0 Å². The Morgan fingerprint density at radius 3 is 2.86 bits per heavy atom. The number of rotatable bonds is 0. The second-order valence-corrected chi connectivity index (χ2v) is 3.21. The molecule has 0 spiro atoms. The molecule has 2 rings (SSSR count). The van der Waals surface area contributed by atoms with E-state index in [1.807, 2.05) is 0 Å². The first-order valence-corrected chi connectivity index (χ1v) is 4.22. The van der Waals surface area contributed by atoms with E-state index in [4.69, 9.17) is 4.74 Å². The summed E-state index contributed by atoms with van der Waals surface area (Å²) in [4.78, 5) is 3.93. The van der Waals surface area contributed by atoms with Gasteiger partial charge in [0.1, 0.15) is 11.5 Å². The number of halogens is 3. The molecule has 0 aliphatic carbocycles. The van der Waals surface area contributed by atoms with Gasteiger partial charge in [-0.25, -0.2) is 4.99 Å². The molecule has 0 bridgehead atoms. The van der Waals surface area contributed by atoms with Gasteiger partial charge in [-0.15, -0.1) is 0 Å². The van der Waals surface area contributed by atoms with Crippen molar-refractivity contribution in [2.45, 2.75) is 25.7 Å². The monoisotopic (exact) mass is 206 g/mol. The standard InChI is InChI=1S/C8H9F3N2O/c1-4-12-6(8(9,10)11)5-2-3-14-7(5)13-4/h7H,2-3H2,1H3,(H,12,13). The highest BCUT2D eigenvalue weighted by atomic mass is 19.4. The number of amidine groups is 1. The minimum Gasteiger partial charge on any atom is -0.352 e. The van der Waals surface area contributed by atoms with Crippen molar-refractivity contribution in [2.75, 3.05) is 6.61 Å². The zero-order valence-corrected chi connectivity index (χ0v) is 7.48. The van der Waals surface area contributed by atoms with Crippen LogP contribution in [0.2, 0.25) is 0 Å². The van der Waals surface area contributed by atoms with Crippen molar-refractivity contribution < 1.29 is 17.9 Å². The Kier molecular flexibility index (Phi) is 2.02. The maximum atomic E-state index is 12.5. The summed E-state index contributed by atoms with van der Waals surface area (Å²) >= 11 is 0. The van der Waals surface area contributed by atoms with Crippen LogP contribution in [0, 0.1) is 0 Å². The normalized spacial score (nSPS) is 27.1. The molecule has 6 heteroatoms. The Balaban J connectivity index is 2.38. The SMILES string of the molecule is CC1=NC2OCCC2=C(C(F)(F)F)N1. The van der Waals surface area contributed by atoms with E-state index in [1.54, 1.807) is 0 Å². The number of hydrogen-bond acceptors (Lipinski definition) is 3. The highest BCUT2D eigenvalue weighted by Gasteiger charge is 2.42. The molecule has 14 heavy (non-hydrogen) atoms. The molecular weight excluding hydrogens is 197 g/mol. The van der Waals surface area contributed by atoms with Crippen LogP contribution in [0.1, 0.15) is 13.3 Å². The Morgan fingerprint density at radius 1 is 1.50 bits per heavy atom. The summed E-state index contributed by atoms with van der Waals surface area (Å²) in [6.07, 6.45) is -4.78. The van der Waals surface area contributed by atoms with Crippen LogP contribution >= 0.6 is 0 Å². The lowest BCUT2D eigenvalue weighted by Crippen LogP contribution is -2.36. The number of hydrogen-bond donors (Lipinski definition) is 1. The van der Waals surface area contributed by atoms with E-state index in [1.165, 1.54) is 6.92 Å². The fraction of sp³-hybridized carbons (Fsp3) is 0.625. The average molecular weight is 206 g/mol. The highest BCUT2D eigenvalue weighted by Crippen LogP contribution is 2.34. The Bertz CT molecular complexity index is 319. The molecule has 2 aliphatic heterocycles. The predicted octanol–water partition coefficient (Wildman–Crippen LogP) is 1.57. The third-order valence-corrected chi connectivity index (χ3v) is 2.17. The van der Waals surface area contributed by atoms with Gasteiger partial charge in [0.25, 0.3) is 0 Å². The van der Waals surface area contributed by atoms with Gasteiger partial charge < -0.3 is 10.1 Å². The van der Waals surface area contributed by atoms with Gasteiger partial charge in [-0.05, 0) is 13.3 Å². The molecule has 0 aromatic heterocycles. The summed E-state index contributed by atoms with van der Waals surface area (Å²) < 4.78 is 42.6. The van der Waals surface area contributed by atoms with Crippen LogP contribution in [-0.4, -0.2) is 24.8 Å². The first kappa shape index (κ1) is 9.51. The fourth-order valence-corrected chi connectivity index (χ4v) is 1.59. The molecule has 1 saturated heterocycles. The number of nitrogens with zero attached hydrogens (tertiary/aromatic N) is 1. The molecular formula is C8H9F3N2O. The van der Waals surface area contributed by atoms with E-state index in [2.05, 4.69) is 10.3 Å². The number of ether oxygens (including phenoxy) is 1. The molecule has 1 atom stereocenters. The maximum Gasteiger partial charge on any atom is 0.431 e. The molecule has 2 aliphatic rings. The molecule has 0 aromatic rings. The number of aliphatic imine (C=N–C) groups is 1. The quantitative estimate of drug-likeness (QED) is 0.652. The number of nitrogens with one attached hydrogen (secondary N) is 1. The van der Waals surface area contributed by atoms with Crippen LogP contribution in [0.3, 0.4) is 0 Å². The van der Waals surface area contributed by atoms with Gasteiger partial charge in [0.05, 0.1) is 6.61 Å². The van der Waals surface area contributed by atoms with E-state index in [-0.39, 0.29) is 11.4 Å². The minimum absolute atomic E-state index is 0.211. The largest absolute Gasteiger partial charge is 0.431 e. The van der Waals surface area contributed by atoms with Crippen molar-refractivity contribution in [3.05, 3.63) is 11.3 Å². The molecule has 3 nitrogen and oxygen atoms in total. The lowest BCUT2D eigenvalue weighted by atomic mass is 10.1. The average Bonchev–Trinajstić information content (AvgIpc) is 2.47. The smallest absolute Gasteiger partial charge is 0.352 e. The number of fused-ring (bicyclic) bond motifs is 1. The van der Waals surface area contributed by atoms with E-state index in [0.29, 0.717) is 13.0 Å². The first-order valence-electron chi connectivity index (χ1n) is 4.22. The van der Waals surface area contributed by atoms with Gasteiger partial charge in [-0.1, -0.05) is 0 Å². The summed E-state index contributed by atoms with van der Waals surface area (Å²) in [5.74, 6) is 0.243. The number of alkyl halides is 3. The van der Waals surface area contributed by atoms with E-state index in [0.717, 1.165) is 0 Å². The van der Waals surface area contributed by atoms with Gasteiger partial charge in [0, 0.05) is 5.57 Å². The van der Waals surface area contributed by atoms with Gasteiger partial charge >= 0.3 is 6.18 Å². The summed E-state index contributed by atoms with van der Waals surface area (Å²) in [5, 5.41) is 2.25. The first-order chi connectivity index (χ1) is 6.48. The Morgan fingerprint density at radius 2 is 2.21 bits per heavy atom. The van der Waals surface area contributed by atoms with Crippen molar-refractivity contribution in [2.24, 2.45) is 4.99 Å². The van der Waals surface area contributed by atoms with E-state index >= 15 is 0 Å². The summed E-state index contributed by atoms with van der Waals surface area (Å²) in [7, 11) is 0. The van der Waals surface area contributed by atoms with Crippen molar-refractivity contribution in [3.8, 4) is 0 Å². The lowest BCUT2D eigenvalue weighted by Gasteiger charge is -2.23. The third-order valence-electron chi connectivity index (χ3n) is 2.17. The second kappa shape index (κ2) is 2.98. The zero-order chi connectivity index (χ0) is 10.3. The van der Waals surface area contributed by atoms with Gasteiger partial charge in [-0.2, -0.15) is 13.2 Å². The maximum absolute atomic E-state index is 12.5. The molecule has 1 unspecified atom stereocenters. The molecule has 0 aromatic carbocycles. The summed E-state index contributed by atoms with van der Waals surface area (Å²) in [6.45, 7) is 1.79. The second-order valence-electron chi connectivity index (χ2n) is 3.21. The predicted molar refractivity (Wildman–Crippen MR) is 43.7 cm³/mol. The van der Waals surface area contributed by atoms with Crippen LogP contribution < -0.4 is 5.32 Å². The highest BCUT2D eigenvalue weighted by molar-refractivity contribution is 5.83. The lowest BCUT2D eigenvalue weighted by molar-refractivity contribution is -0.0969. The minimum atomic E-state index is -4.35. The van der Waals surface area contributed by atoms with Crippen LogP contribution in [0.4, 0.5) is 13.2 Å². The van der Waals surface area contributed by atoms with Crippen LogP contribution in [0.5, 0.6) is 0 Å². The molecule has 2 heterocycles. The molecule has 1 fully saturated rings. The number of allylic oxidation sites excluding steroid dienone is 1. The van der Waals surface area contributed by atoms with Gasteiger partial charge in [0.15, 0.2) is 6.23 Å². The van der Waals surface area contributed by atoms with E-state index in [9.17, 15) is 13.2 Å². The van der Waals surface area contributed by atoms with Crippen molar-refractivity contribution in [1.82, 2.24) is 5.32 Å². The molecule has 0 saturated carbocycles. The fourth-order valence-electron chi connectivity index (χ4n) is 1.59. The molecule has 78 valence electrons.